The summed E-state index contributed by atoms with van der Waals surface area (Å²) in [5.74, 6) is 0.438. The number of rotatable bonds is 5. The van der Waals surface area contributed by atoms with Crippen molar-refractivity contribution >= 4 is 40.0 Å². The number of fused-ring (bicyclic) bond motifs is 3. The van der Waals surface area contributed by atoms with E-state index in [-0.39, 0.29) is 17.2 Å². The van der Waals surface area contributed by atoms with E-state index in [9.17, 15) is 9.59 Å². The van der Waals surface area contributed by atoms with E-state index in [1.807, 2.05) is 80.6 Å². The minimum absolute atomic E-state index is 0.135. The monoisotopic (exact) mass is 483 g/mol. The number of anilines is 1. The van der Waals surface area contributed by atoms with Crippen LogP contribution in [0.25, 0.3) is 22.4 Å². The first-order valence-electron chi connectivity index (χ1n) is 11.3. The van der Waals surface area contributed by atoms with Crippen molar-refractivity contribution in [2.45, 2.75) is 32.9 Å². The van der Waals surface area contributed by atoms with E-state index in [0.29, 0.717) is 21.8 Å². The van der Waals surface area contributed by atoms with Crippen molar-refractivity contribution in [1.82, 2.24) is 19.2 Å². The molecule has 0 aliphatic heterocycles. The lowest BCUT2D eigenvalue weighted by molar-refractivity contribution is -0.113. The molecule has 7 nitrogen and oxygen atoms in total. The van der Waals surface area contributed by atoms with Crippen molar-refractivity contribution in [3.8, 4) is 5.69 Å². The summed E-state index contributed by atoms with van der Waals surface area (Å²) < 4.78 is 3.46. The molecule has 35 heavy (non-hydrogen) atoms. The van der Waals surface area contributed by atoms with E-state index in [0.717, 1.165) is 33.6 Å². The molecular weight excluding hydrogens is 458 g/mol. The molecule has 0 aliphatic carbocycles. The van der Waals surface area contributed by atoms with E-state index in [4.69, 9.17) is 0 Å². The largest absolute Gasteiger partial charge is 0.325 e. The molecule has 1 N–H and O–H groups in total. The van der Waals surface area contributed by atoms with Gasteiger partial charge in [-0.25, -0.2) is 4.57 Å². The Morgan fingerprint density at radius 1 is 0.914 bits per heavy atom. The number of hydrogen-bond acceptors (Lipinski definition) is 5. The van der Waals surface area contributed by atoms with E-state index >= 15 is 0 Å². The fourth-order valence-corrected chi connectivity index (χ4v) is 5.06. The molecule has 0 bridgehead atoms. The number of thioether (sulfide) groups is 1. The number of aromatic nitrogens is 4. The van der Waals surface area contributed by atoms with Crippen molar-refractivity contribution < 1.29 is 4.79 Å². The molecule has 1 amide bonds. The van der Waals surface area contributed by atoms with Gasteiger partial charge in [0, 0.05) is 5.69 Å². The number of nitrogens with one attached hydrogen (secondary N) is 1. The highest BCUT2D eigenvalue weighted by Crippen LogP contribution is 2.25. The first kappa shape index (κ1) is 22.9. The minimum atomic E-state index is -0.154. The van der Waals surface area contributed by atoms with Gasteiger partial charge in [-0.05, 0) is 80.3 Å². The van der Waals surface area contributed by atoms with Crippen LogP contribution in [0.5, 0.6) is 0 Å². The number of aryl methyl sites for hydroxylation is 4. The molecule has 5 aromatic rings. The second kappa shape index (κ2) is 9.03. The van der Waals surface area contributed by atoms with Crippen molar-refractivity contribution in [2.75, 3.05) is 11.1 Å². The zero-order valence-electron chi connectivity index (χ0n) is 20.0. The van der Waals surface area contributed by atoms with Crippen LogP contribution >= 0.6 is 11.8 Å². The number of carbonyl (C=O) groups is 1. The molecule has 0 unspecified atom stereocenters. The van der Waals surface area contributed by atoms with Crippen molar-refractivity contribution in [2.24, 2.45) is 0 Å². The third kappa shape index (κ3) is 4.33. The fraction of sp³-hybridized carbons (Fsp3) is 0.185. The first-order chi connectivity index (χ1) is 16.8. The standard InChI is InChI=1S/C27H25N5O2S/c1-16-9-10-19(4)23(14-16)31-25(34)21-7-5-6-8-22(21)32-26(31)29-30-27(32)35-15-24(33)28-20-12-17(2)11-18(3)13-20/h5-14H,15H2,1-4H3,(H,28,33). The predicted octanol–water partition coefficient (Wildman–Crippen LogP) is 5.00. The second-order valence-electron chi connectivity index (χ2n) is 8.78. The summed E-state index contributed by atoms with van der Waals surface area (Å²) >= 11 is 1.29. The summed E-state index contributed by atoms with van der Waals surface area (Å²) in [6.07, 6.45) is 0. The molecule has 8 heteroatoms. The number of nitrogens with zero attached hydrogens (tertiary/aromatic N) is 4. The highest BCUT2D eigenvalue weighted by molar-refractivity contribution is 7.99. The summed E-state index contributed by atoms with van der Waals surface area (Å²) in [5, 5.41) is 12.8. The van der Waals surface area contributed by atoms with Crippen LogP contribution in [0, 0.1) is 27.7 Å². The van der Waals surface area contributed by atoms with Gasteiger partial charge in [-0.3, -0.25) is 14.0 Å². The van der Waals surface area contributed by atoms with Gasteiger partial charge in [-0.15, -0.1) is 10.2 Å². The number of amides is 1. The summed E-state index contributed by atoms with van der Waals surface area (Å²) in [7, 11) is 0. The smallest absolute Gasteiger partial charge is 0.267 e. The summed E-state index contributed by atoms with van der Waals surface area (Å²) in [5.41, 5.74) is 6.27. The third-order valence-corrected chi connectivity index (χ3v) is 6.77. The Kier molecular flexibility index (Phi) is 5.90. The van der Waals surface area contributed by atoms with Crippen molar-refractivity contribution in [3.63, 3.8) is 0 Å². The van der Waals surface area contributed by atoms with E-state index in [1.54, 1.807) is 10.6 Å². The lowest BCUT2D eigenvalue weighted by Gasteiger charge is -2.14. The predicted molar refractivity (Wildman–Crippen MR) is 141 cm³/mol. The average Bonchev–Trinajstić information content (AvgIpc) is 3.23. The van der Waals surface area contributed by atoms with Crippen LogP contribution in [0.3, 0.4) is 0 Å². The maximum Gasteiger partial charge on any atom is 0.267 e. The molecule has 0 spiro atoms. The minimum Gasteiger partial charge on any atom is -0.325 e. The molecule has 3 aromatic carbocycles. The molecule has 176 valence electrons. The fourth-order valence-electron chi connectivity index (χ4n) is 4.32. The van der Waals surface area contributed by atoms with Gasteiger partial charge in [0.2, 0.25) is 11.7 Å². The SMILES string of the molecule is Cc1cc(C)cc(NC(=O)CSc2nnc3n(-c4cc(C)ccc4C)c(=O)c4ccccc4n23)c1. The molecule has 2 heterocycles. The van der Waals surface area contributed by atoms with Gasteiger partial charge in [0.25, 0.3) is 5.56 Å². The summed E-state index contributed by atoms with van der Waals surface area (Å²) in [4.78, 5) is 26.3. The van der Waals surface area contributed by atoms with Gasteiger partial charge < -0.3 is 5.32 Å². The lowest BCUT2D eigenvalue weighted by atomic mass is 10.1. The molecule has 0 aliphatic rings. The zero-order valence-corrected chi connectivity index (χ0v) is 20.8. The maximum absolute atomic E-state index is 13.6. The van der Waals surface area contributed by atoms with Gasteiger partial charge in [-0.2, -0.15) is 0 Å². The van der Waals surface area contributed by atoms with E-state index in [1.165, 1.54) is 11.8 Å². The molecule has 5 rings (SSSR count). The lowest BCUT2D eigenvalue weighted by Crippen LogP contribution is -2.22. The number of carbonyl (C=O) groups excluding carboxylic acids is 1. The van der Waals surface area contributed by atoms with E-state index in [2.05, 4.69) is 21.6 Å². The Labute approximate surface area is 206 Å². The van der Waals surface area contributed by atoms with Crippen LogP contribution in [0.2, 0.25) is 0 Å². The molecule has 0 fully saturated rings. The van der Waals surface area contributed by atoms with Gasteiger partial charge in [0.1, 0.15) is 0 Å². The average molecular weight is 484 g/mol. The number of hydrogen-bond donors (Lipinski definition) is 1. The normalized spacial score (nSPS) is 11.3. The van der Waals surface area contributed by atoms with Crippen LogP contribution in [-0.4, -0.2) is 30.8 Å². The molecule has 0 saturated carbocycles. The van der Waals surface area contributed by atoms with Gasteiger partial charge in [-0.1, -0.05) is 42.1 Å². The molecule has 0 radical (unpaired) electrons. The van der Waals surface area contributed by atoms with Crippen LogP contribution < -0.4 is 10.9 Å². The molecule has 0 saturated heterocycles. The van der Waals surface area contributed by atoms with Crippen LogP contribution in [-0.2, 0) is 4.79 Å². The van der Waals surface area contributed by atoms with Crippen LogP contribution in [0.15, 0.2) is 70.6 Å². The molecule has 0 atom stereocenters. The highest BCUT2D eigenvalue weighted by Gasteiger charge is 2.19. The zero-order chi connectivity index (χ0) is 24.7. The molecular formula is C27H25N5O2S. The number of para-hydroxylation sites is 1. The summed E-state index contributed by atoms with van der Waals surface area (Å²) in [6.45, 7) is 7.96. The Morgan fingerprint density at radius 3 is 2.43 bits per heavy atom. The third-order valence-electron chi connectivity index (χ3n) is 5.84. The Balaban J connectivity index is 1.56. The topological polar surface area (TPSA) is 81.3 Å². The molecule has 2 aromatic heterocycles. The summed E-state index contributed by atoms with van der Waals surface area (Å²) in [6, 6.07) is 19.3. The first-order valence-corrected chi connectivity index (χ1v) is 12.3. The van der Waals surface area contributed by atoms with Gasteiger partial charge in [0.05, 0.1) is 22.3 Å². The number of benzene rings is 3. The maximum atomic E-state index is 13.6. The van der Waals surface area contributed by atoms with E-state index < -0.39 is 0 Å². The van der Waals surface area contributed by atoms with Crippen molar-refractivity contribution in [3.05, 3.63) is 93.3 Å². The Morgan fingerprint density at radius 2 is 1.66 bits per heavy atom. The van der Waals surface area contributed by atoms with Crippen molar-refractivity contribution in [1.29, 1.82) is 0 Å². The van der Waals surface area contributed by atoms with Gasteiger partial charge >= 0.3 is 0 Å². The quantitative estimate of drug-likeness (QED) is 0.356. The van der Waals surface area contributed by atoms with Crippen LogP contribution in [0.1, 0.15) is 22.3 Å². The van der Waals surface area contributed by atoms with Crippen LogP contribution in [0.4, 0.5) is 5.69 Å². The Hall–Kier alpha value is -3.91. The highest BCUT2D eigenvalue weighted by atomic mass is 32.2. The van der Waals surface area contributed by atoms with Gasteiger partial charge in [0.15, 0.2) is 5.16 Å². The second-order valence-corrected chi connectivity index (χ2v) is 9.72. The Bertz CT molecular complexity index is 1650.